The lowest BCUT2D eigenvalue weighted by Crippen LogP contribution is -2.64. The van der Waals surface area contributed by atoms with Crippen LogP contribution in [0.1, 0.15) is 106 Å². The second-order valence-corrected chi connectivity index (χ2v) is 16.7. The van der Waals surface area contributed by atoms with Crippen LogP contribution in [0, 0.1) is 57.2 Å². The van der Waals surface area contributed by atoms with Crippen LogP contribution in [0.3, 0.4) is 0 Å². The summed E-state index contributed by atoms with van der Waals surface area (Å²) < 4.78 is 11.6. The van der Waals surface area contributed by atoms with Crippen LogP contribution in [0.15, 0.2) is 5.18 Å². The highest BCUT2D eigenvalue weighted by Crippen LogP contribution is 2.72. The third-order valence-electron chi connectivity index (χ3n) is 12.1. The van der Waals surface area contributed by atoms with Gasteiger partial charge >= 0.3 is 0 Å². The molecule has 34 heavy (non-hydrogen) atoms. The van der Waals surface area contributed by atoms with Gasteiger partial charge in [0, 0.05) is 10.5 Å². The number of nitroso groups, excluding NO2 is 1. The van der Waals surface area contributed by atoms with E-state index in [1.807, 2.05) is 7.11 Å². The summed E-state index contributed by atoms with van der Waals surface area (Å²) in [5.74, 6) is 5.00. The average Bonchev–Trinajstić information content (AvgIpc) is 3.16. The minimum absolute atomic E-state index is 0.0212. The summed E-state index contributed by atoms with van der Waals surface area (Å²) in [6.45, 7) is 14.6. The first kappa shape index (κ1) is 27.2. The van der Waals surface area contributed by atoms with E-state index in [1.165, 1.54) is 51.4 Å². The average molecular weight is 586 g/mol. The van der Waals surface area contributed by atoms with E-state index in [4.69, 9.17) is 4.74 Å². The zero-order chi connectivity index (χ0) is 24.9. The largest absolute Gasteiger partial charge is 0.381 e. The molecule has 0 heterocycles. The molecule has 0 aliphatic heterocycles. The van der Waals surface area contributed by atoms with E-state index in [9.17, 15) is 4.91 Å². The van der Waals surface area contributed by atoms with Crippen molar-refractivity contribution < 1.29 is 4.74 Å². The van der Waals surface area contributed by atoms with Gasteiger partial charge in [0.05, 0.1) is 12.1 Å². The molecule has 0 spiro atoms. The maximum Gasteiger partial charge on any atom is 0.0942 e. The van der Waals surface area contributed by atoms with Gasteiger partial charge in [0.25, 0.3) is 0 Å². The van der Waals surface area contributed by atoms with Crippen LogP contribution in [-0.2, 0) is 4.74 Å². The molecule has 4 fully saturated rings. The molecule has 0 aromatic heterocycles. The highest BCUT2D eigenvalue weighted by molar-refractivity contribution is 14.2. The van der Waals surface area contributed by atoms with Gasteiger partial charge in [-0.05, 0) is 110 Å². The van der Waals surface area contributed by atoms with Gasteiger partial charge in [-0.25, -0.2) is 0 Å². The smallest absolute Gasteiger partial charge is 0.0942 e. The fourth-order valence-corrected chi connectivity index (χ4v) is 13.4. The summed E-state index contributed by atoms with van der Waals surface area (Å²) in [7, 11) is 2.01. The van der Waals surface area contributed by atoms with Crippen LogP contribution in [0.25, 0.3) is 0 Å². The standard InChI is InChI=1S/C30H52INO2/c1-19(2)25(32-33)12-9-21(4)22-10-11-23-27-24(14-15-28(22,23)5)29(6)16-13-20(3)17-30(29,31-7)18-26(27)34-8/h19-27H,7,9-18H2,1-6,8H3/t20-,21+,22+,23?,24?,25+,26+,27?,28+,29+,30-/m0/s1. The highest BCUT2D eigenvalue weighted by atomic mass is 127. The molecule has 0 N–H and O–H groups in total. The molecule has 0 bridgehead atoms. The number of methoxy groups -OCH3 is 1. The summed E-state index contributed by atoms with van der Waals surface area (Å²) in [5.41, 5.74) is 0.899. The molecule has 196 valence electrons. The first-order valence-corrected chi connectivity index (χ1v) is 16.9. The zero-order valence-electron chi connectivity index (χ0n) is 23.1. The molecular weight excluding hydrogens is 533 g/mol. The predicted molar refractivity (Wildman–Crippen MR) is 154 cm³/mol. The summed E-state index contributed by atoms with van der Waals surface area (Å²) in [4.78, 5) is 11.3. The van der Waals surface area contributed by atoms with E-state index < -0.39 is 0 Å². The molecule has 4 rings (SSSR count). The van der Waals surface area contributed by atoms with Gasteiger partial charge < -0.3 is 4.74 Å². The molecule has 0 saturated heterocycles. The number of hydrogen-bond acceptors (Lipinski definition) is 3. The second-order valence-electron chi connectivity index (χ2n) is 13.8. The second kappa shape index (κ2) is 10.1. The Morgan fingerprint density at radius 2 is 1.76 bits per heavy atom. The molecule has 4 aliphatic rings. The minimum atomic E-state index is -0.0705. The molecule has 0 amide bonds. The molecule has 11 atom stereocenters. The van der Waals surface area contributed by atoms with Crippen LogP contribution in [0.4, 0.5) is 0 Å². The number of fused-ring (bicyclic) bond motifs is 5. The monoisotopic (exact) mass is 585 g/mol. The third-order valence-corrected chi connectivity index (χ3v) is 15.7. The third kappa shape index (κ3) is 4.21. The van der Waals surface area contributed by atoms with Gasteiger partial charge in [0.1, 0.15) is 0 Å². The molecular formula is C30H52INO2. The molecule has 4 aliphatic carbocycles. The normalized spacial score (nSPS) is 48.0. The van der Waals surface area contributed by atoms with Gasteiger partial charge in [-0.15, -0.1) is 20.7 Å². The van der Waals surface area contributed by atoms with Gasteiger partial charge in [-0.2, -0.15) is 4.91 Å². The number of ether oxygens (including phenoxy) is 1. The Kier molecular flexibility index (Phi) is 8.11. The van der Waals surface area contributed by atoms with Crippen molar-refractivity contribution in [3.05, 3.63) is 4.91 Å². The van der Waals surface area contributed by atoms with Crippen LogP contribution >= 0.6 is 20.7 Å². The van der Waals surface area contributed by atoms with E-state index in [1.54, 1.807) is 0 Å². The van der Waals surface area contributed by atoms with Crippen LogP contribution in [-0.4, -0.2) is 27.2 Å². The summed E-state index contributed by atoms with van der Waals surface area (Å²) in [5, 5.41) is 3.46. The maximum absolute atomic E-state index is 11.3. The Balaban J connectivity index is 1.58. The Hall–Kier alpha value is 0.160. The summed E-state index contributed by atoms with van der Waals surface area (Å²) in [6.07, 6.45) is 13.5. The van der Waals surface area contributed by atoms with Crippen molar-refractivity contribution in [3.63, 3.8) is 0 Å². The number of hydrogen-bond donors (Lipinski definition) is 0. The van der Waals surface area contributed by atoms with E-state index in [0.717, 1.165) is 42.4 Å². The number of rotatable bonds is 8. The number of alkyl halides is 1. The van der Waals surface area contributed by atoms with Gasteiger partial charge in [0.15, 0.2) is 0 Å². The van der Waals surface area contributed by atoms with Crippen molar-refractivity contribution >= 4 is 25.2 Å². The highest BCUT2D eigenvalue weighted by Gasteiger charge is 2.66. The van der Waals surface area contributed by atoms with Gasteiger partial charge in [0.2, 0.25) is 0 Å². The van der Waals surface area contributed by atoms with Crippen LogP contribution in [0.2, 0.25) is 0 Å². The van der Waals surface area contributed by atoms with Gasteiger partial charge in [-0.3, -0.25) is 0 Å². The van der Waals surface area contributed by atoms with Crippen molar-refractivity contribution in [3.8, 4) is 0 Å². The topological polar surface area (TPSA) is 38.7 Å². The lowest BCUT2D eigenvalue weighted by molar-refractivity contribution is -0.162. The summed E-state index contributed by atoms with van der Waals surface area (Å²) in [6, 6.07) is -0.0212. The van der Waals surface area contributed by atoms with Crippen molar-refractivity contribution in [2.45, 2.75) is 121 Å². The predicted octanol–water partition coefficient (Wildman–Crippen LogP) is 8.64. The van der Waals surface area contributed by atoms with Crippen molar-refractivity contribution in [2.24, 2.45) is 57.4 Å². The fourth-order valence-electron chi connectivity index (χ4n) is 10.0. The van der Waals surface area contributed by atoms with E-state index in [2.05, 4.69) is 51.2 Å². The van der Waals surface area contributed by atoms with Crippen LogP contribution < -0.4 is 0 Å². The lowest BCUT2D eigenvalue weighted by Gasteiger charge is -2.66. The Labute approximate surface area is 220 Å². The van der Waals surface area contributed by atoms with E-state index >= 15 is 0 Å². The molecule has 4 heteroatoms. The number of nitrogens with zero attached hydrogens (tertiary/aromatic N) is 1. The van der Waals surface area contributed by atoms with Crippen molar-refractivity contribution in [1.82, 2.24) is 0 Å². The quantitative estimate of drug-likeness (QED) is 0.163. The first-order valence-electron chi connectivity index (χ1n) is 14.3. The van der Waals surface area contributed by atoms with Crippen molar-refractivity contribution in [2.75, 3.05) is 7.11 Å². The number of halogens is 1. The molecule has 4 saturated carbocycles. The summed E-state index contributed by atoms with van der Waals surface area (Å²) >= 11 is -0.0705. The van der Waals surface area contributed by atoms with Crippen molar-refractivity contribution in [1.29, 1.82) is 0 Å². The molecule has 3 unspecified atom stereocenters. The van der Waals surface area contributed by atoms with E-state index in [0.29, 0.717) is 32.2 Å². The molecule has 3 nitrogen and oxygen atoms in total. The fraction of sp³-hybridized carbons (Fsp3) is 0.967. The molecule has 0 aromatic carbocycles. The SMILES string of the molecule is C=I[C@]12C[C@@H](C)CC[C@]1(C)C1CC[C@@]3(C)C(CC[C@@H]3[C@H](C)CC[C@@H](N=O)C(C)C)C1[C@H](OC)C2. The van der Waals surface area contributed by atoms with E-state index in [-0.39, 0.29) is 26.8 Å². The Bertz CT molecular complexity index is 756. The Morgan fingerprint density at radius 3 is 2.38 bits per heavy atom. The maximum atomic E-state index is 11.3. The lowest BCUT2D eigenvalue weighted by atomic mass is 9.43. The first-order chi connectivity index (χ1) is 16.1. The molecule has 0 radical (unpaired) electrons. The van der Waals surface area contributed by atoms with Crippen LogP contribution in [0.5, 0.6) is 0 Å². The minimum Gasteiger partial charge on any atom is -0.381 e. The molecule has 0 aromatic rings. The zero-order valence-corrected chi connectivity index (χ0v) is 25.3. The Morgan fingerprint density at radius 1 is 1.03 bits per heavy atom. The van der Waals surface area contributed by atoms with Gasteiger partial charge in [-0.1, -0.05) is 57.7 Å².